The Bertz CT molecular complexity index is 797. The van der Waals surface area contributed by atoms with Crippen LogP contribution < -0.4 is 4.52 Å². The van der Waals surface area contributed by atoms with Crippen LogP contribution in [0.25, 0.3) is 10.8 Å². The molecule has 4 N–H and O–H groups in total. The summed E-state index contributed by atoms with van der Waals surface area (Å²) in [7, 11) is -10.2. The van der Waals surface area contributed by atoms with E-state index in [1.165, 1.54) is 19.1 Å². The summed E-state index contributed by atoms with van der Waals surface area (Å²) in [5, 5.41) is 10.5. The molecule has 0 aliphatic carbocycles. The summed E-state index contributed by atoms with van der Waals surface area (Å²) in [4.78, 5) is 26.6. The van der Waals surface area contributed by atoms with E-state index in [1.807, 2.05) is 0 Å². The van der Waals surface area contributed by atoms with Crippen molar-refractivity contribution in [1.82, 2.24) is 0 Å². The molecule has 2 rings (SSSR count). The number of benzene rings is 2. The van der Waals surface area contributed by atoms with Gasteiger partial charge in [0.1, 0.15) is 11.5 Å². The molecule has 0 fully saturated rings. The summed E-state index contributed by atoms with van der Waals surface area (Å²) in [6.45, 7) is 1.50. The molecule has 0 saturated carbocycles. The van der Waals surface area contributed by atoms with E-state index in [0.29, 0.717) is 16.3 Å². The number of aromatic hydroxyl groups is 1. The van der Waals surface area contributed by atoms with Gasteiger partial charge in [0, 0.05) is 10.8 Å². The third-order valence-corrected chi connectivity index (χ3v) is 4.66. The monoisotopic (exact) mass is 430 g/mol. The molecule has 1 atom stereocenters. The predicted molar refractivity (Wildman–Crippen MR) is 103 cm³/mol. The first-order chi connectivity index (χ1) is 9.59. The van der Waals surface area contributed by atoms with Gasteiger partial charge < -0.3 is 19.4 Å². The Balaban J connectivity index is -0.00000121. The van der Waals surface area contributed by atoms with Crippen LogP contribution in [0.3, 0.4) is 0 Å². The van der Waals surface area contributed by atoms with Gasteiger partial charge >= 0.3 is 134 Å². The second kappa shape index (κ2) is 13.0. The number of hydrogen-bond acceptors (Lipinski definition) is 5. The molecule has 0 aliphatic rings. The van der Waals surface area contributed by atoms with E-state index >= 15 is 0 Å². The minimum absolute atomic E-state index is 0. The topological polar surface area (TPSA) is 134 Å². The summed E-state index contributed by atoms with van der Waals surface area (Å²) in [5.41, 5.74) is 0.301. The number of phenols is 1. The summed E-state index contributed by atoms with van der Waals surface area (Å²) >= 11 is 0. The van der Waals surface area contributed by atoms with Crippen molar-refractivity contribution in [2.75, 3.05) is 0 Å². The number of phenolic OH excluding ortho intramolecular Hbond substituents is 1. The third-order valence-electron chi connectivity index (χ3n) is 2.58. The van der Waals surface area contributed by atoms with Crippen molar-refractivity contribution in [3.05, 3.63) is 35.9 Å². The maximum absolute atomic E-state index is 11.6. The van der Waals surface area contributed by atoms with Gasteiger partial charge in [-0.3, -0.25) is 4.89 Å². The van der Waals surface area contributed by atoms with E-state index < -0.39 is 15.6 Å². The molecule has 0 aliphatic heterocycles. The van der Waals surface area contributed by atoms with Gasteiger partial charge in [-0.1, -0.05) is 24.3 Å². The molecular formula is C11H16Na4O8P2. The predicted octanol–water partition coefficient (Wildman–Crippen LogP) is -0.152. The number of phosphoric ester groups is 1. The maximum atomic E-state index is 11.6. The van der Waals surface area contributed by atoms with Crippen molar-refractivity contribution in [2.24, 2.45) is 0 Å². The van der Waals surface area contributed by atoms with E-state index in [1.54, 1.807) is 18.2 Å². The molecule has 25 heavy (non-hydrogen) atoms. The van der Waals surface area contributed by atoms with Crippen LogP contribution in [0.4, 0.5) is 0 Å². The molecule has 2 aromatic rings. The first-order valence-corrected chi connectivity index (χ1v) is 8.62. The Hall–Kier alpha value is 2.60. The van der Waals surface area contributed by atoms with Crippen LogP contribution in [-0.2, 0) is 13.4 Å². The zero-order chi connectivity index (χ0) is 15.8. The van der Waals surface area contributed by atoms with Crippen molar-refractivity contribution in [2.45, 2.75) is 6.92 Å². The Labute approximate surface area is 233 Å². The van der Waals surface area contributed by atoms with Gasteiger partial charge in [-0.2, -0.15) is 4.31 Å². The Kier molecular flexibility index (Phi) is 16.8. The summed E-state index contributed by atoms with van der Waals surface area (Å²) in [6.07, 6.45) is 0. The molecule has 14 heteroatoms. The van der Waals surface area contributed by atoms with E-state index in [4.69, 9.17) is 14.3 Å². The Morgan fingerprint density at radius 1 is 0.920 bits per heavy atom. The quantitative estimate of drug-likeness (QED) is 0.389. The van der Waals surface area contributed by atoms with Gasteiger partial charge in [0.2, 0.25) is 0 Å². The van der Waals surface area contributed by atoms with Crippen molar-refractivity contribution < 1.29 is 37.8 Å². The zero-order valence-electron chi connectivity index (χ0n) is 10.7. The van der Waals surface area contributed by atoms with Crippen molar-refractivity contribution in [3.8, 4) is 11.5 Å². The first-order valence-electron chi connectivity index (χ1n) is 5.60. The number of fused-ring (bicyclic) bond motifs is 1. The van der Waals surface area contributed by atoms with Crippen LogP contribution in [0.15, 0.2) is 30.3 Å². The summed E-state index contributed by atoms with van der Waals surface area (Å²) in [5.74, 6) is -0.165. The third kappa shape index (κ3) is 9.77. The average Bonchev–Trinajstić information content (AvgIpc) is 2.31. The average molecular weight is 430 g/mol. The van der Waals surface area contributed by atoms with Gasteiger partial charge in [0.05, 0.1) is 0 Å². The summed E-state index contributed by atoms with van der Waals surface area (Å²) in [6, 6.07) is 7.64. The van der Waals surface area contributed by atoms with E-state index in [-0.39, 0.29) is 130 Å². The van der Waals surface area contributed by atoms with Crippen molar-refractivity contribution in [3.63, 3.8) is 0 Å². The van der Waals surface area contributed by atoms with Gasteiger partial charge in [0.15, 0.2) is 0 Å². The van der Waals surface area contributed by atoms with Crippen LogP contribution in [-0.4, -0.2) is 138 Å². The number of aryl methyl sites for hydroxylation is 1. The first kappa shape index (κ1) is 32.3. The fourth-order valence-electron chi connectivity index (χ4n) is 1.85. The molecule has 0 bridgehead atoms. The van der Waals surface area contributed by atoms with Crippen molar-refractivity contribution >= 4 is 145 Å². The number of phosphoric acid groups is 2. The van der Waals surface area contributed by atoms with E-state index in [0.717, 1.165) is 0 Å². The van der Waals surface area contributed by atoms with Gasteiger partial charge in [-0.15, -0.1) is 0 Å². The normalized spacial score (nSPS) is 12.5. The molecule has 0 spiro atoms. The number of hydrogen-bond donors (Lipinski definition) is 4. The van der Waals surface area contributed by atoms with Gasteiger partial charge in [-0.05, 0) is 18.6 Å². The van der Waals surface area contributed by atoms with Crippen LogP contribution >= 0.6 is 15.6 Å². The molecule has 1 unspecified atom stereocenters. The van der Waals surface area contributed by atoms with Gasteiger partial charge in [-0.25, -0.2) is 9.13 Å². The van der Waals surface area contributed by atoms with Crippen LogP contribution in [0, 0.1) is 6.92 Å². The summed E-state index contributed by atoms with van der Waals surface area (Å²) < 4.78 is 30.8. The van der Waals surface area contributed by atoms with Crippen LogP contribution in [0.5, 0.6) is 11.5 Å². The Morgan fingerprint density at radius 3 is 1.88 bits per heavy atom. The zero-order valence-corrected chi connectivity index (χ0v) is 12.5. The molecule has 2 aromatic carbocycles. The molecule has 8 nitrogen and oxygen atoms in total. The SMILES string of the molecule is Cc1cc(O)c2ccccc2c1OP(=O)(O)OP(=O)(O)O.[NaH].[NaH].[NaH].[NaH]. The molecule has 0 aromatic heterocycles. The second-order valence-electron chi connectivity index (χ2n) is 4.22. The fourth-order valence-corrected chi connectivity index (χ4v) is 3.53. The minimum atomic E-state index is -5.20. The van der Waals surface area contributed by atoms with Crippen LogP contribution in [0.1, 0.15) is 5.56 Å². The fraction of sp³-hybridized carbons (Fsp3) is 0.0909. The molecule has 0 saturated heterocycles. The molecule has 0 amide bonds. The molecule has 122 valence electrons. The van der Waals surface area contributed by atoms with Crippen molar-refractivity contribution in [1.29, 1.82) is 0 Å². The number of rotatable bonds is 4. The van der Waals surface area contributed by atoms with E-state index in [2.05, 4.69) is 4.31 Å². The standard InChI is InChI=1S/C11H12O8P2.4Na.4H/c1-7-6-10(12)8-4-2-3-5-9(8)11(7)18-21(16,17)19-20(13,14)15;;;;;;;;/h2-6,12H,1H3,(H,16,17)(H2,13,14,15);;;;;;;;. The Morgan fingerprint density at radius 2 is 1.40 bits per heavy atom. The van der Waals surface area contributed by atoms with Gasteiger partial charge in [0.25, 0.3) is 0 Å². The molecule has 0 heterocycles. The second-order valence-corrected chi connectivity index (χ2v) is 6.97. The van der Waals surface area contributed by atoms with E-state index in [9.17, 15) is 19.1 Å². The molecule has 0 radical (unpaired) electrons. The molecular weight excluding hydrogens is 414 g/mol. The van der Waals surface area contributed by atoms with Crippen LogP contribution in [0.2, 0.25) is 0 Å².